The first-order valence-corrected chi connectivity index (χ1v) is 7.52. The molecule has 0 radical (unpaired) electrons. The minimum Gasteiger partial charge on any atom is -0.346 e. The first kappa shape index (κ1) is 15.3. The van der Waals surface area contributed by atoms with E-state index in [9.17, 15) is 9.59 Å². The van der Waals surface area contributed by atoms with Gasteiger partial charge in [0.2, 0.25) is 0 Å². The predicted molar refractivity (Wildman–Crippen MR) is 74.7 cm³/mol. The first-order valence-electron chi connectivity index (χ1n) is 6.29. The molecule has 0 aromatic carbocycles. The van der Waals surface area contributed by atoms with Crippen molar-refractivity contribution in [3.63, 3.8) is 0 Å². The summed E-state index contributed by atoms with van der Waals surface area (Å²) in [6, 6.07) is 0. The predicted octanol–water partition coefficient (Wildman–Crippen LogP) is 0.0661. The lowest BCUT2D eigenvalue weighted by Gasteiger charge is -2.24. The molecule has 0 aliphatic carbocycles. The van der Waals surface area contributed by atoms with Crippen LogP contribution in [0.2, 0.25) is 0 Å². The van der Waals surface area contributed by atoms with E-state index in [1.165, 1.54) is 0 Å². The third-order valence-electron chi connectivity index (χ3n) is 3.05. The van der Waals surface area contributed by atoms with Crippen molar-refractivity contribution in [2.75, 3.05) is 39.0 Å². The molecule has 0 saturated carbocycles. The van der Waals surface area contributed by atoms with Crippen LogP contribution in [0.25, 0.3) is 0 Å². The molecule has 0 atom stereocenters. The molecule has 0 spiro atoms. The molecule has 0 bridgehead atoms. The molecule has 5 nitrogen and oxygen atoms in total. The van der Waals surface area contributed by atoms with Gasteiger partial charge < -0.3 is 15.5 Å². The smallest absolute Gasteiger partial charge is 0.311 e. The normalized spacial score (nSPS) is 17.2. The summed E-state index contributed by atoms with van der Waals surface area (Å²) in [6.45, 7) is 7.52. The number of hydrogen-bond donors (Lipinski definition) is 2. The van der Waals surface area contributed by atoms with Gasteiger partial charge in [0.15, 0.2) is 0 Å². The number of hydrogen-bond acceptors (Lipinski definition) is 4. The van der Waals surface area contributed by atoms with Crippen LogP contribution in [-0.2, 0) is 9.59 Å². The Hall–Kier alpha value is -0.750. The number of nitrogens with zero attached hydrogens (tertiary/aromatic N) is 1. The van der Waals surface area contributed by atoms with Crippen molar-refractivity contribution in [1.82, 2.24) is 15.5 Å². The minimum absolute atomic E-state index is 0.0454. The Labute approximate surface area is 113 Å². The highest BCUT2D eigenvalue weighted by Gasteiger charge is 2.24. The highest BCUT2D eigenvalue weighted by atomic mass is 32.2. The van der Waals surface area contributed by atoms with Crippen molar-refractivity contribution < 1.29 is 9.59 Å². The Morgan fingerprint density at radius 2 is 2.06 bits per heavy atom. The van der Waals surface area contributed by atoms with Gasteiger partial charge in [-0.1, -0.05) is 0 Å². The maximum atomic E-state index is 11.9. The number of thioether (sulfide) groups is 1. The number of carbonyl (C=O) groups excluding carboxylic acids is 2. The monoisotopic (exact) mass is 273 g/mol. The van der Waals surface area contributed by atoms with Gasteiger partial charge in [0.1, 0.15) is 0 Å². The summed E-state index contributed by atoms with van der Waals surface area (Å²) in [5, 5.41) is 5.93. The maximum absolute atomic E-state index is 11.9. The van der Waals surface area contributed by atoms with Gasteiger partial charge in [0.25, 0.3) is 0 Å². The summed E-state index contributed by atoms with van der Waals surface area (Å²) in [7, 11) is 0. The second kappa shape index (κ2) is 6.99. The molecule has 1 saturated heterocycles. The standard InChI is InChI=1S/C12H23N3O2S/c1-12(2,18-3)9-14-10(16)11(17)15-7-4-5-13-6-8-15/h13H,4-9H2,1-3H3,(H,14,16). The van der Waals surface area contributed by atoms with E-state index in [1.54, 1.807) is 16.7 Å². The molecule has 1 fully saturated rings. The highest BCUT2D eigenvalue weighted by Crippen LogP contribution is 2.19. The van der Waals surface area contributed by atoms with Gasteiger partial charge >= 0.3 is 11.8 Å². The molecule has 2 N–H and O–H groups in total. The van der Waals surface area contributed by atoms with Crippen molar-refractivity contribution >= 4 is 23.6 Å². The van der Waals surface area contributed by atoms with Crippen LogP contribution in [-0.4, -0.2) is 60.4 Å². The van der Waals surface area contributed by atoms with E-state index in [0.717, 1.165) is 19.5 Å². The van der Waals surface area contributed by atoms with Crippen LogP contribution in [0.4, 0.5) is 0 Å². The Morgan fingerprint density at radius 3 is 2.72 bits per heavy atom. The molecule has 1 heterocycles. The van der Waals surface area contributed by atoms with Gasteiger partial charge in [-0.2, -0.15) is 11.8 Å². The second-order valence-electron chi connectivity index (χ2n) is 5.04. The van der Waals surface area contributed by atoms with Gasteiger partial charge in [0.05, 0.1) is 0 Å². The molecular weight excluding hydrogens is 250 g/mol. The van der Waals surface area contributed by atoms with E-state index >= 15 is 0 Å². The minimum atomic E-state index is -0.487. The Kier molecular flexibility index (Phi) is 5.95. The first-order chi connectivity index (χ1) is 8.46. The average Bonchev–Trinajstić information content (AvgIpc) is 2.64. The summed E-state index contributed by atoms with van der Waals surface area (Å²) >= 11 is 1.67. The summed E-state index contributed by atoms with van der Waals surface area (Å²) in [5.74, 6) is -0.894. The van der Waals surface area contributed by atoms with Crippen LogP contribution < -0.4 is 10.6 Å². The second-order valence-corrected chi connectivity index (χ2v) is 6.56. The summed E-state index contributed by atoms with van der Waals surface area (Å²) in [5.41, 5.74) is 0. The van der Waals surface area contributed by atoms with Crippen molar-refractivity contribution in [2.24, 2.45) is 0 Å². The van der Waals surface area contributed by atoms with Gasteiger partial charge in [-0.05, 0) is 33.1 Å². The number of carbonyl (C=O) groups is 2. The van der Waals surface area contributed by atoms with E-state index in [1.807, 2.05) is 20.1 Å². The lowest BCUT2D eigenvalue weighted by molar-refractivity contribution is -0.145. The third-order valence-corrected chi connectivity index (χ3v) is 4.30. The van der Waals surface area contributed by atoms with Crippen LogP contribution in [0.1, 0.15) is 20.3 Å². The zero-order valence-electron chi connectivity index (χ0n) is 11.4. The van der Waals surface area contributed by atoms with Crippen molar-refractivity contribution in [2.45, 2.75) is 25.0 Å². The number of amides is 2. The molecule has 1 rings (SSSR count). The van der Waals surface area contributed by atoms with Crippen LogP contribution in [0.5, 0.6) is 0 Å². The van der Waals surface area contributed by atoms with E-state index in [0.29, 0.717) is 19.6 Å². The molecule has 6 heteroatoms. The van der Waals surface area contributed by atoms with Crippen molar-refractivity contribution in [3.05, 3.63) is 0 Å². The van der Waals surface area contributed by atoms with Gasteiger partial charge in [-0.3, -0.25) is 9.59 Å². The zero-order valence-corrected chi connectivity index (χ0v) is 12.2. The summed E-state index contributed by atoms with van der Waals surface area (Å²) in [4.78, 5) is 25.3. The van der Waals surface area contributed by atoms with Crippen LogP contribution >= 0.6 is 11.8 Å². The molecule has 1 aliphatic heterocycles. The molecule has 0 aromatic heterocycles. The lowest BCUT2D eigenvalue weighted by Crippen LogP contribution is -2.47. The topological polar surface area (TPSA) is 61.4 Å². The SMILES string of the molecule is CSC(C)(C)CNC(=O)C(=O)N1CCCNCC1. The fourth-order valence-electron chi connectivity index (χ4n) is 1.63. The van der Waals surface area contributed by atoms with E-state index in [-0.39, 0.29) is 4.75 Å². The third kappa shape index (κ3) is 4.86. The van der Waals surface area contributed by atoms with E-state index in [4.69, 9.17) is 0 Å². The maximum Gasteiger partial charge on any atom is 0.311 e. The molecule has 0 unspecified atom stereocenters. The largest absolute Gasteiger partial charge is 0.346 e. The molecule has 1 aliphatic rings. The van der Waals surface area contributed by atoms with E-state index in [2.05, 4.69) is 10.6 Å². The molecular formula is C12H23N3O2S. The fourth-order valence-corrected chi connectivity index (χ4v) is 1.85. The van der Waals surface area contributed by atoms with Gasteiger partial charge in [-0.15, -0.1) is 0 Å². The van der Waals surface area contributed by atoms with Gasteiger partial charge in [0, 0.05) is 30.9 Å². The van der Waals surface area contributed by atoms with Crippen LogP contribution in [0, 0.1) is 0 Å². The fraction of sp³-hybridized carbons (Fsp3) is 0.833. The highest BCUT2D eigenvalue weighted by molar-refractivity contribution is 7.99. The average molecular weight is 273 g/mol. The lowest BCUT2D eigenvalue weighted by atomic mass is 10.2. The number of nitrogens with one attached hydrogen (secondary N) is 2. The van der Waals surface area contributed by atoms with Crippen LogP contribution in [0.15, 0.2) is 0 Å². The van der Waals surface area contributed by atoms with Crippen molar-refractivity contribution in [1.29, 1.82) is 0 Å². The Morgan fingerprint density at radius 1 is 1.33 bits per heavy atom. The van der Waals surface area contributed by atoms with Gasteiger partial charge in [-0.25, -0.2) is 0 Å². The summed E-state index contributed by atoms with van der Waals surface area (Å²) < 4.78 is -0.0454. The molecule has 0 aromatic rings. The molecule has 18 heavy (non-hydrogen) atoms. The quantitative estimate of drug-likeness (QED) is 0.714. The summed E-state index contributed by atoms with van der Waals surface area (Å²) in [6.07, 6.45) is 2.89. The Balaban J connectivity index is 2.43. The zero-order chi connectivity index (χ0) is 13.6. The van der Waals surface area contributed by atoms with E-state index < -0.39 is 11.8 Å². The Bertz CT molecular complexity index is 300. The molecule has 2 amide bonds. The number of rotatable bonds is 3. The van der Waals surface area contributed by atoms with Crippen LogP contribution in [0.3, 0.4) is 0 Å². The van der Waals surface area contributed by atoms with Crippen molar-refractivity contribution in [3.8, 4) is 0 Å². The molecule has 104 valence electrons.